The van der Waals surface area contributed by atoms with E-state index in [1.165, 1.54) is 0 Å². The van der Waals surface area contributed by atoms with Gasteiger partial charge in [0.15, 0.2) is 0 Å². The number of hydrogen-bond donors (Lipinski definition) is 1. The van der Waals surface area contributed by atoms with E-state index in [-0.39, 0.29) is 11.1 Å². The lowest BCUT2D eigenvalue weighted by Gasteiger charge is -2.01. The van der Waals surface area contributed by atoms with Crippen LogP contribution in [0.2, 0.25) is 0 Å². The van der Waals surface area contributed by atoms with Gasteiger partial charge in [0.1, 0.15) is 5.69 Å². The van der Waals surface area contributed by atoms with Crippen LogP contribution in [0.25, 0.3) is 11.6 Å². The number of hydrogen-bond acceptors (Lipinski definition) is 4. The van der Waals surface area contributed by atoms with E-state index in [1.807, 2.05) is 0 Å². The zero-order valence-electron chi connectivity index (χ0n) is 7.78. The molecule has 0 spiro atoms. The molecule has 86 valence electrons. The Labute approximate surface area is 92.2 Å². The molecule has 0 aliphatic rings. The molecule has 0 fully saturated rings. The molecule has 2 rings (SSSR count). The van der Waals surface area contributed by atoms with E-state index in [1.54, 1.807) is 18.3 Å². The lowest BCUT2D eigenvalue weighted by atomic mass is 10.4. The number of nitrogens with one attached hydrogen (secondary N) is 1. The Morgan fingerprint density at radius 3 is 2.81 bits per heavy atom. The zero-order valence-corrected chi connectivity index (χ0v) is 8.60. The number of halogens is 3. The van der Waals surface area contributed by atoms with Crippen LogP contribution in [0.15, 0.2) is 28.0 Å². The molecule has 0 bridgehead atoms. The Balaban J connectivity index is 2.03. The molecule has 2 heterocycles. The molecule has 0 amide bonds. The molecular weight excluding hydrogens is 243 g/mol. The van der Waals surface area contributed by atoms with Gasteiger partial charge in [-0.2, -0.15) is 13.2 Å². The molecule has 0 radical (unpaired) electrons. The standard InChI is InChI=1S/C8H6F3N3OS/c9-8(10,11)4-16-7-14-13-6(15-7)5-2-1-3-12-5/h1-3,12H,4H2. The number of alkyl halides is 3. The van der Waals surface area contributed by atoms with E-state index in [4.69, 9.17) is 4.42 Å². The average molecular weight is 249 g/mol. The van der Waals surface area contributed by atoms with E-state index in [2.05, 4.69) is 15.2 Å². The molecule has 1 N–H and O–H groups in total. The van der Waals surface area contributed by atoms with Crippen LogP contribution in [-0.4, -0.2) is 27.1 Å². The van der Waals surface area contributed by atoms with Gasteiger partial charge in [-0.1, -0.05) is 11.8 Å². The van der Waals surface area contributed by atoms with E-state index in [0.29, 0.717) is 17.5 Å². The lowest BCUT2D eigenvalue weighted by Crippen LogP contribution is -2.10. The first kappa shape index (κ1) is 11.1. The number of rotatable bonds is 3. The van der Waals surface area contributed by atoms with Crippen molar-refractivity contribution in [1.29, 1.82) is 0 Å². The van der Waals surface area contributed by atoms with Gasteiger partial charge in [0.05, 0.1) is 5.75 Å². The second-order valence-electron chi connectivity index (χ2n) is 2.86. The Kier molecular flexibility index (Phi) is 2.90. The number of aromatic amines is 1. The van der Waals surface area contributed by atoms with Gasteiger partial charge in [0, 0.05) is 6.20 Å². The van der Waals surface area contributed by atoms with Gasteiger partial charge >= 0.3 is 6.18 Å². The first-order valence-corrected chi connectivity index (χ1v) is 5.20. The molecule has 0 aliphatic carbocycles. The highest BCUT2D eigenvalue weighted by molar-refractivity contribution is 7.99. The van der Waals surface area contributed by atoms with Crippen molar-refractivity contribution in [1.82, 2.24) is 15.2 Å². The number of nitrogens with zero attached hydrogens (tertiary/aromatic N) is 2. The summed E-state index contributed by atoms with van der Waals surface area (Å²) in [4.78, 5) is 2.81. The van der Waals surface area contributed by atoms with Gasteiger partial charge in [-0.15, -0.1) is 10.2 Å². The number of aromatic nitrogens is 3. The highest BCUT2D eigenvalue weighted by Gasteiger charge is 2.28. The van der Waals surface area contributed by atoms with Crippen molar-refractivity contribution >= 4 is 11.8 Å². The van der Waals surface area contributed by atoms with E-state index < -0.39 is 11.9 Å². The van der Waals surface area contributed by atoms with Crippen LogP contribution in [0, 0.1) is 0 Å². The van der Waals surface area contributed by atoms with Crippen LogP contribution in [0.3, 0.4) is 0 Å². The molecule has 0 atom stereocenters. The summed E-state index contributed by atoms with van der Waals surface area (Å²) in [5.41, 5.74) is 0.575. The number of thioether (sulfide) groups is 1. The van der Waals surface area contributed by atoms with E-state index >= 15 is 0 Å². The van der Waals surface area contributed by atoms with Crippen LogP contribution in [-0.2, 0) is 0 Å². The van der Waals surface area contributed by atoms with Gasteiger partial charge in [0.25, 0.3) is 11.1 Å². The van der Waals surface area contributed by atoms with Crippen LogP contribution < -0.4 is 0 Å². The summed E-state index contributed by atoms with van der Waals surface area (Å²) in [6.45, 7) is 0. The normalized spacial score (nSPS) is 11.9. The fourth-order valence-corrected chi connectivity index (χ4v) is 1.51. The summed E-state index contributed by atoms with van der Waals surface area (Å²) in [5, 5.41) is 7.03. The minimum Gasteiger partial charge on any atom is -0.410 e. The molecule has 4 nitrogen and oxygen atoms in total. The predicted molar refractivity (Wildman–Crippen MR) is 50.9 cm³/mol. The smallest absolute Gasteiger partial charge is 0.398 e. The predicted octanol–water partition coefficient (Wildman–Crippen LogP) is 2.72. The van der Waals surface area contributed by atoms with Crippen molar-refractivity contribution in [3.05, 3.63) is 18.3 Å². The van der Waals surface area contributed by atoms with Gasteiger partial charge in [-0.05, 0) is 12.1 Å². The van der Waals surface area contributed by atoms with Gasteiger partial charge in [-0.25, -0.2) is 0 Å². The third-order valence-electron chi connectivity index (χ3n) is 1.59. The largest absolute Gasteiger partial charge is 0.410 e. The van der Waals surface area contributed by atoms with Gasteiger partial charge in [-0.3, -0.25) is 0 Å². The van der Waals surface area contributed by atoms with Gasteiger partial charge in [0.2, 0.25) is 0 Å². The summed E-state index contributed by atoms with van der Waals surface area (Å²) in [6, 6.07) is 3.41. The van der Waals surface area contributed by atoms with Crippen molar-refractivity contribution in [2.75, 3.05) is 5.75 Å². The second kappa shape index (κ2) is 4.20. The Bertz CT molecular complexity index is 451. The summed E-state index contributed by atoms with van der Waals surface area (Å²) in [6.07, 6.45) is -2.59. The van der Waals surface area contributed by atoms with Crippen molar-refractivity contribution in [2.24, 2.45) is 0 Å². The van der Waals surface area contributed by atoms with Crippen molar-refractivity contribution in [3.63, 3.8) is 0 Å². The second-order valence-corrected chi connectivity index (χ2v) is 3.79. The van der Waals surface area contributed by atoms with E-state index in [0.717, 1.165) is 0 Å². The SMILES string of the molecule is FC(F)(F)CSc1nnc(-c2ccc[nH]2)o1. The van der Waals surface area contributed by atoms with Crippen LogP contribution in [0.5, 0.6) is 0 Å². The number of H-pyrrole nitrogens is 1. The third-order valence-corrected chi connectivity index (χ3v) is 2.48. The van der Waals surface area contributed by atoms with Crippen LogP contribution in [0.4, 0.5) is 13.2 Å². The average Bonchev–Trinajstić information content (AvgIpc) is 2.84. The minimum absolute atomic E-state index is 0.0954. The van der Waals surface area contributed by atoms with Crippen molar-refractivity contribution in [3.8, 4) is 11.6 Å². The summed E-state index contributed by atoms with van der Waals surface area (Å²) >= 11 is 0.466. The summed E-state index contributed by atoms with van der Waals surface area (Å²) in [7, 11) is 0. The summed E-state index contributed by atoms with van der Waals surface area (Å²) < 4.78 is 40.7. The van der Waals surface area contributed by atoms with Gasteiger partial charge < -0.3 is 9.40 Å². The maximum Gasteiger partial charge on any atom is 0.398 e. The quantitative estimate of drug-likeness (QED) is 0.850. The molecule has 0 aliphatic heterocycles. The molecule has 8 heteroatoms. The van der Waals surface area contributed by atoms with Crippen LogP contribution in [0.1, 0.15) is 0 Å². The molecule has 0 unspecified atom stereocenters. The maximum atomic E-state index is 11.9. The lowest BCUT2D eigenvalue weighted by molar-refractivity contribution is -0.105. The molecule has 16 heavy (non-hydrogen) atoms. The topological polar surface area (TPSA) is 54.7 Å². The summed E-state index contributed by atoms with van der Waals surface area (Å²) in [5.74, 6) is -0.867. The molecule has 2 aromatic heterocycles. The highest BCUT2D eigenvalue weighted by atomic mass is 32.2. The Morgan fingerprint density at radius 2 is 2.19 bits per heavy atom. The fourth-order valence-electron chi connectivity index (χ4n) is 0.984. The molecular formula is C8H6F3N3OS. The zero-order chi connectivity index (χ0) is 11.6. The first-order valence-electron chi connectivity index (χ1n) is 4.21. The first-order chi connectivity index (χ1) is 7.54. The molecule has 0 saturated heterocycles. The molecule has 0 aromatic carbocycles. The monoisotopic (exact) mass is 249 g/mol. The van der Waals surface area contributed by atoms with Crippen molar-refractivity contribution in [2.45, 2.75) is 11.4 Å². The Morgan fingerprint density at radius 1 is 1.38 bits per heavy atom. The highest BCUT2D eigenvalue weighted by Crippen LogP contribution is 2.27. The molecule has 0 saturated carbocycles. The van der Waals surface area contributed by atoms with E-state index in [9.17, 15) is 13.2 Å². The fraction of sp³-hybridized carbons (Fsp3) is 0.250. The maximum absolute atomic E-state index is 11.9. The minimum atomic E-state index is -4.24. The van der Waals surface area contributed by atoms with Crippen molar-refractivity contribution < 1.29 is 17.6 Å². The third kappa shape index (κ3) is 2.78. The molecule has 2 aromatic rings. The Hall–Kier alpha value is -1.44. The van der Waals surface area contributed by atoms with Crippen LogP contribution >= 0.6 is 11.8 Å².